The van der Waals surface area contributed by atoms with Crippen LogP contribution in [0.15, 0.2) is 24.3 Å². The van der Waals surface area contributed by atoms with Crippen LogP contribution in [0.25, 0.3) is 0 Å². The normalized spacial score (nSPS) is 15.5. The van der Waals surface area contributed by atoms with E-state index in [1.54, 1.807) is 31.2 Å². The van der Waals surface area contributed by atoms with Crippen LogP contribution in [0.3, 0.4) is 0 Å². The maximum Gasteiger partial charge on any atom is 0.238 e. The van der Waals surface area contributed by atoms with E-state index in [2.05, 4.69) is 16.0 Å². The first-order chi connectivity index (χ1) is 9.54. The first-order valence-electron chi connectivity index (χ1n) is 6.64. The third-order valence-electron chi connectivity index (χ3n) is 2.99. The molecule has 1 aromatic rings. The van der Waals surface area contributed by atoms with Crippen LogP contribution < -0.4 is 16.0 Å². The second kappa shape index (κ2) is 6.72. The van der Waals surface area contributed by atoms with Crippen molar-refractivity contribution in [2.45, 2.75) is 31.8 Å². The van der Waals surface area contributed by atoms with Gasteiger partial charge in [0.2, 0.25) is 11.8 Å². The zero-order chi connectivity index (χ0) is 14.5. The summed E-state index contributed by atoms with van der Waals surface area (Å²) >= 11 is 5.83. The summed E-state index contributed by atoms with van der Waals surface area (Å²) in [5.41, 5.74) is 0.638. The number of rotatable bonds is 6. The van der Waals surface area contributed by atoms with Crippen molar-refractivity contribution in [3.63, 3.8) is 0 Å². The number of hydrogen-bond donors (Lipinski definition) is 3. The van der Waals surface area contributed by atoms with E-state index in [1.165, 1.54) is 0 Å². The van der Waals surface area contributed by atoms with Gasteiger partial charge in [-0.05, 0) is 38.0 Å². The van der Waals surface area contributed by atoms with Gasteiger partial charge in [0, 0.05) is 16.8 Å². The first kappa shape index (κ1) is 14.8. The van der Waals surface area contributed by atoms with Gasteiger partial charge in [-0.3, -0.25) is 14.9 Å². The van der Waals surface area contributed by atoms with Gasteiger partial charge < -0.3 is 10.6 Å². The topological polar surface area (TPSA) is 70.2 Å². The lowest BCUT2D eigenvalue weighted by atomic mass is 10.3. The van der Waals surface area contributed by atoms with Crippen molar-refractivity contribution in [2.24, 2.45) is 0 Å². The molecule has 2 rings (SSSR count). The van der Waals surface area contributed by atoms with E-state index in [4.69, 9.17) is 11.6 Å². The molecule has 1 atom stereocenters. The maximum atomic E-state index is 11.7. The van der Waals surface area contributed by atoms with E-state index in [9.17, 15) is 9.59 Å². The van der Waals surface area contributed by atoms with Crippen LogP contribution in [0.2, 0.25) is 5.02 Å². The number of carbonyl (C=O) groups excluding carboxylic acids is 2. The third-order valence-corrected chi connectivity index (χ3v) is 3.23. The Morgan fingerprint density at radius 2 is 2.15 bits per heavy atom. The van der Waals surface area contributed by atoms with Gasteiger partial charge in [-0.15, -0.1) is 0 Å². The minimum atomic E-state index is -0.388. The molecule has 2 amide bonds. The Kier molecular flexibility index (Phi) is 4.98. The molecular formula is C14H18ClN3O2. The third kappa shape index (κ3) is 4.83. The number of anilines is 1. The standard InChI is InChI=1S/C14H18ClN3O2/c1-9(14(20)18-11-5-6-11)16-8-13(19)17-12-4-2-3-10(15)7-12/h2-4,7,9,11,16H,5-6,8H2,1H3,(H,17,19)(H,18,20). The maximum absolute atomic E-state index is 11.7. The molecule has 0 aliphatic heterocycles. The summed E-state index contributed by atoms with van der Waals surface area (Å²) in [4.78, 5) is 23.4. The van der Waals surface area contributed by atoms with Gasteiger partial charge in [0.05, 0.1) is 12.6 Å². The van der Waals surface area contributed by atoms with E-state index < -0.39 is 0 Å². The van der Waals surface area contributed by atoms with Crippen molar-refractivity contribution < 1.29 is 9.59 Å². The Bertz CT molecular complexity index is 503. The Morgan fingerprint density at radius 1 is 1.40 bits per heavy atom. The van der Waals surface area contributed by atoms with E-state index >= 15 is 0 Å². The summed E-state index contributed by atoms with van der Waals surface area (Å²) in [5.74, 6) is -0.276. The number of halogens is 1. The molecule has 0 radical (unpaired) electrons. The number of carbonyl (C=O) groups is 2. The van der Waals surface area contributed by atoms with Crippen molar-refractivity contribution in [1.29, 1.82) is 0 Å². The predicted molar refractivity (Wildman–Crippen MR) is 78.7 cm³/mol. The molecule has 1 aromatic carbocycles. The van der Waals surface area contributed by atoms with Crippen LogP contribution in [0, 0.1) is 0 Å². The van der Waals surface area contributed by atoms with E-state index in [1.807, 2.05) is 0 Å². The molecule has 1 unspecified atom stereocenters. The number of nitrogens with one attached hydrogen (secondary N) is 3. The van der Waals surface area contributed by atoms with E-state index in [0.717, 1.165) is 12.8 Å². The van der Waals surface area contributed by atoms with Crippen LogP contribution in [0.1, 0.15) is 19.8 Å². The van der Waals surface area contributed by atoms with Crippen molar-refractivity contribution >= 4 is 29.1 Å². The average Bonchev–Trinajstić information content (AvgIpc) is 3.19. The largest absolute Gasteiger partial charge is 0.352 e. The molecule has 1 fully saturated rings. The summed E-state index contributed by atoms with van der Waals surface area (Å²) in [6.07, 6.45) is 2.10. The van der Waals surface area contributed by atoms with Gasteiger partial charge >= 0.3 is 0 Å². The van der Waals surface area contributed by atoms with Crippen molar-refractivity contribution in [3.05, 3.63) is 29.3 Å². The van der Waals surface area contributed by atoms with Crippen LogP contribution in [0.4, 0.5) is 5.69 Å². The molecule has 1 aliphatic carbocycles. The molecule has 0 heterocycles. The minimum absolute atomic E-state index is 0.0666. The summed E-state index contributed by atoms with van der Waals surface area (Å²) < 4.78 is 0. The zero-order valence-electron chi connectivity index (χ0n) is 11.3. The van der Waals surface area contributed by atoms with E-state index in [0.29, 0.717) is 16.8 Å². The summed E-state index contributed by atoms with van der Waals surface area (Å²) in [6, 6.07) is 6.86. The van der Waals surface area contributed by atoms with Crippen LogP contribution in [-0.2, 0) is 9.59 Å². The average molecular weight is 296 g/mol. The second-order valence-electron chi connectivity index (χ2n) is 4.94. The molecule has 0 bridgehead atoms. The molecular weight excluding hydrogens is 278 g/mol. The highest BCUT2D eigenvalue weighted by Gasteiger charge is 2.25. The lowest BCUT2D eigenvalue weighted by Crippen LogP contribution is -2.45. The molecule has 108 valence electrons. The minimum Gasteiger partial charge on any atom is -0.352 e. The lowest BCUT2D eigenvalue weighted by Gasteiger charge is -2.13. The quantitative estimate of drug-likeness (QED) is 0.745. The monoisotopic (exact) mass is 295 g/mol. The highest BCUT2D eigenvalue weighted by molar-refractivity contribution is 6.30. The van der Waals surface area contributed by atoms with Gasteiger partial charge in [-0.2, -0.15) is 0 Å². The molecule has 0 aromatic heterocycles. The number of benzene rings is 1. The summed E-state index contributed by atoms with van der Waals surface area (Å²) in [5, 5.41) is 9.05. The van der Waals surface area contributed by atoms with Crippen molar-refractivity contribution in [1.82, 2.24) is 10.6 Å². The summed E-state index contributed by atoms with van der Waals surface area (Å²) in [7, 11) is 0. The Morgan fingerprint density at radius 3 is 2.80 bits per heavy atom. The van der Waals surface area contributed by atoms with Gasteiger partial charge in [0.1, 0.15) is 0 Å². The Hall–Kier alpha value is -1.59. The molecule has 0 spiro atoms. The van der Waals surface area contributed by atoms with Gasteiger partial charge in [-0.1, -0.05) is 17.7 Å². The number of amides is 2. The fourth-order valence-electron chi connectivity index (χ4n) is 1.66. The van der Waals surface area contributed by atoms with Crippen molar-refractivity contribution in [3.8, 4) is 0 Å². The van der Waals surface area contributed by atoms with Gasteiger partial charge in [0.15, 0.2) is 0 Å². The fourth-order valence-corrected chi connectivity index (χ4v) is 1.85. The molecule has 6 heteroatoms. The zero-order valence-corrected chi connectivity index (χ0v) is 12.0. The summed E-state index contributed by atoms with van der Waals surface area (Å²) in [6.45, 7) is 1.82. The SMILES string of the molecule is CC(NCC(=O)Nc1cccc(Cl)c1)C(=O)NC1CC1. The van der Waals surface area contributed by atoms with Crippen LogP contribution in [0.5, 0.6) is 0 Å². The molecule has 5 nitrogen and oxygen atoms in total. The smallest absolute Gasteiger partial charge is 0.238 e. The van der Waals surface area contributed by atoms with Crippen LogP contribution >= 0.6 is 11.6 Å². The Balaban J connectivity index is 1.72. The molecule has 3 N–H and O–H groups in total. The van der Waals surface area contributed by atoms with Crippen LogP contribution in [-0.4, -0.2) is 30.4 Å². The van der Waals surface area contributed by atoms with Crippen molar-refractivity contribution in [2.75, 3.05) is 11.9 Å². The highest BCUT2D eigenvalue weighted by Crippen LogP contribution is 2.18. The highest BCUT2D eigenvalue weighted by atomic mass is 35.5. The number of hydrogen-bond acceptors (Lipinski definition) is 3. The van der Waals surface area contributed by atoms with Gasteiger partial charge in [-0.25, -0.2) is 0 Å². The van der Waals surface area contributed by atoms with E-state index in [-0.39, 0.29) is 24.4 Å². The fraction of sp³-hybridized carbons (Fsp3) is 0.429. The molecule has 0 saturated heterocycles. The lowest BCUT2D eigenvalue weighted by molar-refractivity contribution is -0.123. The predicted octanol–water partition coefficient (Wildman–Crippen LogP) is 1.54. The second-order valence-corrected chi connectivity index (χ2v) is 5.38. The molecule has 1 aliphatic rings. The molecule has 1 saturated carbocycles. The molecule has 20 heavy (non-hydrogen) atoms. The van der Waals surface area contributed by atoms with Gasteiger partial charge in [0.25, 0.3) is 0 Å². The Labute approximate surface area is 123 Å². The first-order valence-corrected chi connectivity index (χ1v) is 7.01.